The fourth-order valence-corrected chi connectivity index (χ4v) is 4.95. The maximum Gasteiger partial charge on any atom is 0.133 e. The van der Waals surface area contributed by atoms with Gasteiger partial charge in [0.25, 0.3) is 0 Å². The Kier molecular flexibility index (Phi) is 9.41. The first-order chi connectivity index (χ1) is 18.7. The van der Waals surface area contributed by atoms with Crippen LogP contribution in [0.4, 0.5) is 15.8 Å². The van der Waals surface area contributed by atoms with Crippen molar-refractivity contribution in [2.45, 2.75) is 60.0 Å². The van der Waals surface area contributed by atoms with Gasteiger partial charge >= 0.3 is 0 Å². The van der Waals surface area contributed by atoms with Crippen molar-refractivity contribution < 1.29 is 4.39 Å². The number of piperidine rings is 1. The molecule has 1 saturated heterocycles. The van der Waals surface area contributed by atoms with Gasteiger partial charge in [-0.15, -0.1) is 0 Å². The molecule has 0 aromatic heterocycles. The van der Waals surface area contributed by atoms with Crippen molar-refractivity contribution in [3.63, 3.8) is 0 Å². The van der Waals surface area contributed by atoms with Crippen LogP contribution >= 0.6 is 0 Å². The molecular formula is C33H40FN5. The first-order valence-electron chi connectivity index (χ1n) is 13.7. The first kappa shape index (κ1) is 28.4. The largest absolute Gasteiger partial charge is 0.346 e. The van der Waals surface area contributed by atoms with Crippen molar-refractivity contribution in [1.29, 1.82) is 0 Å². The summed E-state index contributed by atoms with van der Waals surface area (Å²) in [6, 6.07) is 18.3. The molecule has 0 radical (unpaired) electrons. The Morgan fingerprint density at radius 3 is 2.38 bits per heavy atom. The predicted molar refractivity (Wildman–Crippen MR) is 165 cm³/mol. The molecule has 0 atom stereocenters. The molecule has 204 valence electrons. The zero-order chi connectivity index (χ0) is 27.9. The summed E-state index contributed by atoms with van der Waals surface area (Å²) in [7, 11) is 1.77. The number of aryl methyl sites for hydroxylation is 2. The lowest BCUT2D eigenvalue weighted by Crippen LogP contribution is -2.34. The van der Waals surface area contributed by atoms with Crippen LogP contribution in [0.2, 0.25) is 0 Å². The van der Waals surface area contributed by atoms with Gasteiger partial charge in [0.2, 0.25) is 0 Å². The fourth-order valence-electron chi connectivity index (χ4n) is 4.95. The molecule has 4 rings (SSSR count). The topological polar surface area (TPSA) is 52.4 Å². The van der Waals surface area contributed by atoms with E-state index >= 15 is 4.39 Å². The molecule has 1 fully saturated rings. The molecule has 1 N–H and O–H groups in total. The Labute approximate surface area is 232 Å². The van der Waals surface area contributed by atoms with E-state index in [4.69, 9.17) is 4.99 Å². The number of hydrogen-bond acceptors (Lipinski definition) is 4. The molecule has 0 spiro atoms. The van der Waals surface area contributed by atoms with E-state index in [0.29, 0.717) is 17.3 Å². The summed E-state index contributed by atoms with van der Waals surface area (Å²) in [6.07, 6.45) is 3.89. The third kappa shape index (κ3) is 7.27. The van der Waals surface area contributed by atoms with E-state index in [1.54, 1.807) is 13.1 Å². The second-order valence-electron chi connectivity index (χ2n) is 10.6. The average molecular weight is 526 g/mol. The SMILES string of the molecule is CN=C(C)c1cc(-c2c(F)ccc(C)c2N=C(C)C)ccc1NC=NC1CCN(Cc2ccc(C)cc2)CC1. The maximum atomic E-state index is 15.1. The second kappa shape index (κ2) is 12.9. The van der Waals surface area contributed by atoms with Gasteiger partial charge in [-0.05, 0) is 82.3 Å². The molecule has 39 heavy (non-hydrogen) atoms. The number of rotatable bonds is 8. The van der Waals surface area contributed by atoms with E-state index in [1.807, 2.05) is 52.2 Å². The number of anilines is 1. The Morgan fingerprint density at radius 2 is 1.72 bits per heavy atom. The number of halogens is 1. The van der Waals surface area contributed by atoms with Crippen LogP contribution in [0.15, 0.2) is 69.6 Å². The van der Waals surface area contributed by atoms with Gasteiger partial charge in [0, 0.05) is 54.9 Å². The number of nitrogens with zero attached hydrogens (tertiary/aromatic N) is 4. The van der Waals surface area contributed by atoms with Crippen LogP contribution in [0, 0.1) is 19.7 Å². The third-order valence-corrected chi connectivity index (χ3v) is 7.29. The van der Waals surface area contributed by atoms with Crippen LogP contribution in [-0.4, -0.2) is 48.8 Å². The maximum absolute atomic E-state index is 15.1. The summed E-state index contributed by atoms with van der Waals surface area (Å²) in [5.74, 6) is -0.284. The van der Waals surface area contributed by atoms with Crippen LogP contribution < -0.4 is 5.32 Å². The number of benzene rings is 3. The van der Waals surface area contributed by atoms with Crippen molar-refractivity contribution in [2.24, 2.45) is 15.0 Å². The average Bonchev–Trinajstić information content (AvgIpc) is 2.92. The number of hydrogen-bond donors (Lipinski definition) is 1. The van der Waals surface area contributed by atoms with E-state index in [9.17, 15) is 0 Å². The third-order valence-electron chi connectivity index (χ3n) is 7.29. The van der Waals surface area contributed by atoms with Gasteiger partial charge < -0.3 is 5.32 Å². The van der Waals surface area contributed by atoms with E-state index in [1.165, 1.54) is 17.2 Å². The quantitative estimate of drug-likeness (QED) is 0.241. The van der Waals surface area contributed by atoms with Crippen molar-refractivity contribution >= 4 is 29.1 Å². The van der Waals surface area contributed by atoms with Gasteiger partial charge in [-0.3, -0.25) is 19.9 Å². The Balaban J connectivity index is 1.47. The standard InChI is InChI=1S/C33H40FN5/c1-22(2)38-33-24(4)9-13-30(34)32(33)27-12-14-31(29(19-27)25(5)35-6)37-21-36-28-15-17-39(18-16-28)20-26-10-7-23(3)8-11-26/h7-14,19,21,28H,15-18,20H2,1-6H3,(H,36,37). The number of likely N-dealkylation sites (tertiary alicyclic amines) is 1. The Bertz CT molecular complexity index is 1380. The lowest BCUT2D eigenvalue weighted by Gasteiger charge is -2.30. The number of aliphatic imine (C=N–C) groups is 3. The fraction of sp³-hybridized carbons (Fsp3) is 0.364. The van der Waals surface area contributed by atoms with E-state index in [2.05, 4.69) is 51.4 Å². The molecule has 0 bridgehead atoms. The Hall–Kier alpha value is -3.64. The monoisotopic (exact) mass is 525 g/mol. The molecule has 6 heteroatoms. The van der Waals surface area contributed by atoms with Gasteiger partial charge in [-0.25, -0.2) is 4.39 Å². The first-order valence-corrected chi connectivity index (χ1v) is 13.7. The molecule has 0 aliphatic carbocycles. The summed E-state index contributed by atoms with van der Waals surface area (Å²) in [5.41, 5.74) is 9.11. The van der Waals surface area contributed by atoms with Gasteiger partial charge in [0.1, 0.15) is 5.82 Å². The van der Waals surface area contributed by atoms with Crippen molar-refractivity contribution in [3.8, 4) is 11.1 Å². The summed E-state index contributed by atoms with van der Waals surface area (Å²) in [5, 5.41) is 3.38. The van der Waals surface area contributed by atoms with Gasteiger partial charge in [-0.2, -0.15) is 0 Å². The zero-order valence-electron chi connectivity index (χ0n) is 24.1. The normalized spacial score (nSPS) is 15.1. The van der Waals surface area contributed by atoms with Gasteiger partial charge in [-0.1, -0.05) is 42.0 Å². The van der Waals surface area contributed by atoms with Crippen molar-refractivity contribution in [2.75, 3.05) is 25.5 Å². The molecule has 0 amide bonds. The zero-order valence-corrected chi connectivity index (χ0v) is 24.1. The minimum Gasteiger partial charge on any atom is -0.346 e. The van der Waals surface area contributed by atoms with Crippen LogP contribution in [0.1, 0.15) is 55.9 Å². The molecule has 3 aromatic carbocycles. The summed E-state index contributed by atoms with van der Waals surface area (Å²) < 4.78 is 15.1. The van der Waals surface area contributed by atoms with Crippen LogP contribution in [0.3, 0.4) is 0 Å². The number of nitrogens with one attached hydrogen (secondary N) is 1. The minimum atomic E-state index is -0.284. The highest BCUT2D eigenvalue weighted by Crippen LogP contribution is 2.37. The van der Waals surface area contributed by atoms with Crippen LogP contribution in [-0.2, 0) is 6.54 Å². The van der Waals surface area contributed by atoms with E-state index < -0.39 is 0 Å². The lowest BCUT2D eigenvalue weighted by atomic mass is 9.96. The van der Waals surface area contributed by atoms with Crippen molar-refractivity contribution in [3.05, 3.63) is 82.7 Å². The van der Waals surface area contributed by atoms with Gasteiger partial charge in [0.15, 0.2) is 0 Å². The van der Waals surface area contributed by atoms with E-state index in [0.717, 1.165) is 66.3 Å². The molecule has 1 heterocycles. The minimum absolute atomic E-state index is 0.284. The lowest BCUT2D eigenvalue weighted by molar-refractivity contribution is 0.206. The highest BCUT2D eigenvalue weighted by atomic mass is 19.1. The second-order valence-corrected chi connectivity index (χ2v) is 10.6. The summed E-state index contributed by atoms with van der Waals surface area (Å²) in [4.78, 5) is 16.4. The molecule has 3 aromatic rings. The van der Waals surface area contributed by atoms with Crippen LogP contribution in [0.5, 0.6) is 0 Å². The Morgan fingerprint density at radius 1 is 1.00 bits per heavy atom. The molecular weight excluding hydrogens is 485 g/mol. The highest BCUT2D eigenvalue weighted by Gasteiger charge is 2.19. The summed E-state index contributed by atoms with van der Waals surface area (Å²) >= 11 is 0. The molecule has 5 nitrogen and oxygen atoms in total. The molecule has 0 saturated carbocycles. The molecule has 1 aliphatic rings. The summed E-state index contributed by atoms with van der Waals surface area (Å²) in [6.45, 7) is 13.0. The molecule has 0 unspecified atom stereocenters. The molecule has 1 aliphatic heterocycles. The predicted octanol–water partition coefficient (Wildman–Crippen LogP) is 7.77. The van der Waals surface area contributed by atoms with Crippen molar-refractivity contribution in [1.82, 2.24) is 4.90 Å². The highest BCUT2D eigenvalue weighted by molar-refractivity contribution is 6.06. The van der Waals surface area contributed by atoms with E-state index in [-0.39, 0.29) is 5.82 Å². The van der Waals surface area contributed by atoms with Crippen LogP contribution in [0.25, 0.3) is 11.1 Å². The smallest absolute Gasteiger partial charge is 0.133 e. The van der Waals surface area contributed by atoms with Gasteiger partial charge in [0.05, 0.1) is 18.1 Å².